The molecule has 0 saturated carbocycles. The van der Waals surface area contributed by atoms with Crippen LogP contribution in [0.15, 0.2) is 71.6 Å². The van der Waals surface area contributed by atoms with Gasteiger partial charge in [0.1, 0.15) is 12.6 Å². The lowest BCUT2D eigenvalue weighted by Crippen LogP contribution is -2.52. The lowest BCUT2D eigenvalue weighted by molar-refractivity contribution is -0.140. The van der Waals surface area contributed by atoms with Crippen LogP contribution in [0, 0.1) is 6.92 Å². The van der Waals surface area contributed by atoms with Gasteiger partial charge in [-0.05, 0) is 67.3 Å². The second-order valence-corrected chi connectivity index (χ2v) is 12.4. The lowest BCUT2D eigenvalue weighted by Gasteiger charge is -2.33. The number of rotatable bonds is 12. The topological polar surface area (TPSA) is 86.8 Å². The van der Waals surface area contributed by atoms with Crippen molar-refractivity contribution in [1.29, 1.82) is 0 Å². The van der Waals surface area contributed by atoms with Crippen molar-refractivity contribution in [3.05, 3.63) is 92.9 Å². The summed E-state index contributed by atoms with van der Waals surface area (Å²) in [4.78, 5) is 28.7. The maximum atomic E-state index is 14.1. The zero-order valence-corrected chi connectivity index (χ0v) is 25.6. The number of hydrogen-bond donors (Lipinski definition) is 1. The summed E-state index contributed by atoms with van der Waals surface area (Å²) in [7, 11) is -4.19. The summed E-state index contributed by atoms with van der Waals surface area (Å²) in [5.41, 5.74) is 1.52. The molecule has 0 aliphatic heterocycles. The Bertz CT molecular complexity index is 1450. The molecule has 2 amide bonds. The minimum Gasteiger partial charge on any atom is -0.354 e. The fraction of sp³-hybridized carbons (Fsp3) is 0.310. The molecule has 40 heavy (non-hydrogen) atoms. The van der Waals surface area contributed by atoms with Crippen LogP contribution in [-0.4, -0.2) is 44.3 Å². The maximum Gasteiger partial charge on any atom is 0.264 e. The van der Waals surface area contributed by atoms with Crippen LogP contribution in [0.1, 0.15) is 37.8 Å². The fourth-order valence-corrected chi connectivity index (χ4v) is 6.18. The number of carbonyl (C=O) groups excluding carboxylic acids is 2. The fourth-order valence-electron chi connectivity index (χ4n) is 4.20. The van der Waals surface area contributed by atoms with Crippen LogP contribution in [0.3, 0.4) is 0 Å². The summed E-state index contributed by atoms with van der Waals surface area (Å²) in [5, 5.41) is 3.83. The summed E-state index contributed by atoms with van der Waals surface area (Å²) >= 11 is 18.6. The van der Waals surface area contributed by atoms with Gasteiger partial charge in [0.2, 0.25) is 11.8 Å². The molecule has 0 aliphatic rings. The van der Waals surface area contributed by atoms with Crippen LogP contribution in [0.2, 0.25) is 15.1 Å². The Morgan fingerprint density at radius 2 is 1.62 bits per heavy atom. The van der Waals surface area contributed by atoms with E-state index in [1.165, 1.54) is 23.1 Å². The molecule has 7 nitrogen and oxygen atoms in total. The van der Waals surface area contributed by atoms with E-state index in [2.05, 4.69) is 5.32 Å². The molecular weight excluding hydrogens is 593 g/mol. The van der Waals surface area contributed by atoms with E-state index in [1.807, 2.05) is 6.92 Å². The zero-order valence-electron chi connectivity index (χ0n) is 22.5. The Hall–Kier alpha value is -2.78. The van der Waals surface area contributed by atoms with Gasteiger partial charge in [0.15, 0.2) is 0 Å². The van der Waals surface area contributed by atoms with Crippen LogP contribution in [-0.2, 0) is 26.2 Å². The standard InChI is InChI=1S/C29H32Cl3N3O4S/c1-4-15-33-29(37)26(5-2)34(18-21-12-14-24(31)25(32)16-21)28(36)19-35(27-17-22(30)13-11-20(27)3)40(38,39)23-9-7-6-8-10-23/h6-14,16-17,26H,4-5,15,18-19H2,1-3H3,(H,33,37). The van der Waals surface area contributed by atoms with Gasteiger partial charge >= 0.3 is 0 Å². The van der Waals surface area contributed by atoms with Gasteiger partial charge in [-0.3, -0.25) is 13.9 Å². The third-order valence-electron chi connectivity index (χ3n) is 6.32. The number of amides is 2. The average Bonchev–Trinajstić information content (AvgIpc) is 2.94. The van der Waals surface area contributed by atoms with Crippen molar-refractivity contribution in [3.8, 4) is 0 Å². The molecule has 0 bridgehead atoms. The zero-order chi connectivity index (χ0) is 29.4. The number of benzene rings is 3. The van der Waals surface area contributed by atoms with Crippen molar-refractivity contribution < 1.29 is 18.0 Å². The predicted molar refractivity (Wildman–Crippen MR) is 162 cm³/mol. The van der Waals surface area contributed by atoms with E-state index in [1.54, 1.807) is 62.4 Å². The molecule has 3 rings (SSSR count). The first-order chi connectivity index (χ1) is 19.0. The highest BCUT2D eigenvalue weighted by Gasteiger charge is 2.34. The maximum absolute atomic E-state index is 14.1. The summed E-state index contributed by atoms with van der Waals surface area (Å²) in [6.07, 6.45) is 1.03. The first-order valence-electron chi connectivity index (χ1n) is 12.8. The van der Waals surface area contributed by atoms with Crippen LogP contribution in [0.5, 0.6) is 0 Å². The van der Waals surface area contributed by atoms with E-state index in [0.29, 0.717) is 39.2 Å². The van der Waals surface area contributed by atoms with Crippen LogP contribution >= 0.6 is 34.8 Å². The average molecular weight is 625 g/mol. The van der Waals surface area contributed by atoms with Gasteiger partial charge in [-0.1, -0.05) is 79.0 Å². The quantitative estimate of drug-likeness (QED) is 0.250. The summed E-state index contributed by atoms with van der Waals surface area (Å²) in [6, 6.07) is 16.8. The molecule has 11 heteroatoms. The number of halogens is 3. The van der Waals surface area contributed by atoms with Gasteiger partial charge in [0.05, 0.1) is 20.6 Å². The number of carbonyl (C=O) groups is 2. The molecule has 3 aromatic rings. The minimum absolute atomic E-state index is 0.0154. The normalized spacial score (nSPS) is 12.1. The first-order valence-corrected chi connectivity index (χ1v) is 15.4. The largest absolute Gasteiger partial charge is 0.354 e. The molecule has 3 aromatic carbocycles. The van der Waals surface area contributed by atoms with E-state index in [4.69, 9.17) is 34.8 Å². The number of sulfonamides is 1. The van der Waals surface area contributed by atoms with Crippen molar-refractivity contribution in [3.63, 3.8) is 0 Å². The number of nitrogens with one attached hydrogen (secondary N) is 1. The monoisotopic (exact) mass is 623 g/mol. The molecule has 0 spiro atoms. The number of aryl methyl sites for hydroxylation is 1. The van der Waals surface area contributed by atoms with E-state index in [9.17, 15) is 18.0 Å². The molecule has 0 radical (unpaired) electrons. The van der Waals surface area contributed by atoms with E-state index >= 15 is 0 Å². The Balaban J connectivity index is 2.09. The molecule has 1 atom stereocenters. The van der Waals surface area contributed by atoms with Crippen molar-refractivity contribution in [2.45, 2.75) is 51.1 Å². The Labute approximate surface area is 251 Å². The summed E-state index contributed by atoms with van der Waals surface area (Å²) in [5.74, 6) is -0.891. The molecule has 1 N–H and O–H groups in total. The molecule has 0 fully saturated rings. The van der Waals surface area contributed by atoms with E-state index in [0.717, 1.165) is 10.7 Å². The Morgan fingerprint density at radius 3 is 2.25 bits per heavy atom. The predicted octanol–water partition coefficient (Wildman–Crippen LogP) is 6.48. The van der Waals surface area contributed by atoms with E-state index < -0.39 is 28.5 Å². The molecule has 1 unspecified atom stereocenters. The molecule has 214 valence electrons. The lowest BCUT2D eigenvalue weighted by atomic mass is 10.1. The van der Waals surface area contributed by atoms with Gasteiger partial charge in [0.25, 0.3) is 10.0 Å². The van der Waals surface area contributed by atoms with Gasteiger partial charge in [-0.2, -0.15) is 0 Å². The SMILES string of the molecule is CCCNC(=O)C(CC)N(Cc1ccc(Cl)c(Cl)c1)C(=O)CN(c1cc(Cl)ccc1C)S(=O)(=O)c1ccccc1. The highest BCUT2D eigenvalue weighted by atomic mass is 35.5. The second-order valence-electron chi connectivity index (χ2n) is 9.24. The van der Waals surface area contributed by atoms with Crippen molar-refractivity contribution in [1.82, 2.24) is 10.2 Å². The second kappa shape index (κ2) is 14.2. The minimum atomic E-state index is -4.19. The summed E-state index contributed by atoms with van der Waals surface area (Å²) < 4.78 is 28.9. The highest BCUT2D eigenvalue weighted by Crippen LogP contribution is 2.30. The number of anilines is 1. The van der Waals surface area contributed by atoms with Gasteiger partial charge in [-0.25, -0.2) is 8.42 Å². The molecule has 0 saturated heterocycles. The summed E-state index contributed by atoms with van der Waals surface area (Å²) in [6.45, 7) is 5.37. The first kappa shape index (κ1) is 31.7. The van der Waals surface area contributed by atoms with Crippen molar-refractivity contribution >= 4 is 62.3 Å². The number of hydrogen-bond acceptors (Lipinski definition) is 4. The third-order valence-corrected chi connectivity index (χ3v) is 9.07. The number of nitrogens with zero attached hydrogens (tertiary/aromatic N) is 2. The van der Waals surface area contributed by atoms with Gasteiger partial charge in [-0.15, -0.1) is 0 Å². The van der Waals surface area contributed by atoms with E-state index in [-0.39, 0.29) is 23.0 Å². The molecule has 0 aliphatic carbocycles. The van der Waals surface area contributed by atoms with Gasteiger partial charge < -0.3 is 10.2 Å². The van der Waals surface area contributed by atoms with Crippen LogP contribution < -0.4 is 9.62 Å². The Morgan fingerprint density at radius 1 is 0.925 bits per heavy atom. The smallest absolute Gasteiger partial charge is 0.264 e. The van der Waals surface area contributed by atoms with Crippen molar-refractivity contribution in [2.75, 3.05) is 17.4 Å². The third kappa shape index (κ3) is 7.69. The Kier molecular flexibility index (Phi) is 11.3. The van der Waals surface area contributed by atoms with Crippen molar-refractivity contribution in [2.24, 2.45) is 0 Å². The van der Waals surface area contributed by atoms with Crippen LogP contribution in [0.25, 0.3) is 0 Å². The molecule has 0 heterocycles. The molecular formula is C29H32Cl3N3O4S. The van der Waals surface area contributed by atoms with Gasteiger partial charge in [0, 0.05) is 18.1 Å². The molecule has 0 aromatic heterocycles. The highest BCUT2D eigenvalue weighted by molar-refractivity contribution is 7.92. The van der Waals surface area contributed by atoms with Crippen LogP contribution in [0.4, 0.5) is 5.69 Å².